The van der Waals surface area contributed by atoms with Gasteiger partial charge in [-0.1, -0.05) is 24.3 Å². The number of H-pyrrole nitrogens is 1. The highest BCUT2D eigenvalue weighted by Gasteiger charge is 2.21. The summed E-state index contributed by atoms with van der Waals surface area (Å²) in [4.78, 5) is 24.8. The van der Waals surface area contributed by atoms with Crippen molar-refractivity contribution in [3.05, 3.63) is 70.5 Å². The molecular weight excluding hydrogens is 435 g/mol. The third-order valence-corrected chi connectivity index (χ3v) is 6.42. The maximum absolute atomic E-state index is 14.4. The molecule has 3 N–H and O–H groups in total. The number of aromatic nitrogens is 4. The van der Waals surface area contributed by atoms with Crippen molar-refractivity contribution in [1.29, 1.82) is 0 Å². The average molecular weight is 463 g/mol. The van der Waals surface area contributed by atoms with Gasteiger partial charge in [0.05, 0.1) is 19.3 Å². The van der Waals surface area contributed by atoms with Crippen LogP contribution in [0.2, 0.25) is 0 Å². The normalized spacial score (nSPS) is 16.6. The van der Waals surface area contributed by atoms with Crippen LogP contribution in [0.1, 0.15) is 24.9 Å². The summed E-state index contributed by atoms with van der Waals surface area (Å²) in [5.74, 6) is 1.30. The minimum Gasteiger partial charge on any atom is -0.496 e. The quantitative estimate of drug-likeness (QED) is 0.389. The SMILES string of the molecule is COc1ccc(-c2ccccc2F)cc1[C@H](C)n1c(=O)[nH]c2cnc(NC[C@@H]3CCNC3)nc21. The Hall–Kier alpha value is -3.72. The number of nitrogens with one attached hydrogen (secondary N) is 3. The minimum absolute atomic E-state index is 0.299. The zero-order valence-electron chi connectivity index (χ0n) is 19.1. The minimum atomic E-state index is -0.426. The number of nitrogens with zero attached hydrogens (tertiary/aromatic N) is 3. The Morgan fingerprint density at radius 3 is 2.91 bits per heavy atom. The van der Waals surface area contributed by atoms with E-state index in [-0.39, 0.29) is 11.5 Å². The Labute approximate surface area is 196 Å². The van der Waals surface area contributed by atoms with Crippen LogP contribution in [0.15, 0.2) is 53.5 Å². The zero-order chi connectivity index (χ0) is 23.7. The van der Waals surface area contributed by atoms with Crippen molar-refractivity contribution in [2.75, 3.05) is 32.1 Å². The Morgan fingerprint density at radius 2 is 2.15 bits per heavy atom. The first-order valence-corrected chi connectivity index (χ1v) is 11.4. The number of imidazole rings is 1. The van der Waals surface area contributed by atoms with E-state index in [1.165, 1.54) is 6.07 Å². The summed E-state index contributed by atoms with van der Waals surface area (Å²) in [5.41, 5.74) is 2.69. The average Bonchev–Trinajstić information content (AvgIpc) is 3.49. The Balaban J connectivity index is 1.53. The molecule has 34 heavy (non-hydrogen) atoms. The number of anilines is 1. The molecule has 0 amide bonds. The zero-order valence-corrected chi connectivity index (χ0v) is 19.1. The molecule has 4 aromatic rings. The molecule has 176 valence electrons. The molecule has 0 bridgehead atoms. The van der Waals surface area contributed by atoms with Crippen LogP contribution in [0.25, 0.3) is 22.3 Å². The largest absolute Gasteiger partial charge is 0.496 e. The summed E-state index contributed by atoms with van der Waals surface area (Å²) in [5, 5.41) is 6.64. The van der Waals surface area contributed by atoms with Gasteiger partial charge in [0.15, 0.2) is 5.65 Å². The van der Waals surface area contributed by atoms with Gasteiger partial charge in [0, 0.05) is 17.7 Å². The molecule has 3 heterocycles. The molecule has 0 spiro atoms. The predicted octanol–water partition coefficient (Wildman–Crippen LogP) is 3.57. The molecule has 2 aromatic carbocycles. The van der Waals surface area contributed by atoms with Gasteiger partial charge in [-0.05, 0) is 56.1 Å². The van der Waals surface area contributed by atoms with Crippen molar-refractivity contribution in [2.24, 2.45) is 5.92 Å². The first-order chi connectivity index (χ1) is 16.5. The number of rotatable bonds is 7. The Kier molecular flexibility index (Phi) is 6.02. The molecule has 1 aliphatic heterocycles. The fraction of sp³-hybridized carbons (Fsp3) is 0.320. The van der Waals surface area contributed by atoms with Gasteiger partial charge in [-0.25, -0.2) is 14.2 Å². The molecule has 0 unspecified atom stereocenters. The first-order valence-electron chi connectivity index (χ1n) is 11.4. The van der Waals surface area contributed by atoms with Crippen LogP contribution >= 0.6 is 0 Å². The second-order valence-corrected chi connectivity index (χ2v) is 8.58. The number of ether oxygens (including phenoxy) is 1. The van der Waals surface area contributed by atoms with Gasteiger partial charge in [-0.2, -0.15) is 4.98 Å². The second kappa shape index (κ2) is 9.26. The number of hydrogen-bond acceptors (Lipinski definition) is 6. The number of benzene rings is 2. The van der Waals surface area contributed by atoms with E-state index in [4.69, 9.17) is 4.74 Å². The first kappa shape index (κ1) is 22.1. The van der Waals surface area contributed by atoms with Crippen LogP contribution < -0.4 is 21.1 Å². The van der Waals surface area contributed by atoms with Gasteiger partial charge in [0.2, 0.25) is 5.95 Å². The number of methoxy groups -OCH3 is 1. The fourth-order valence-electron chi connectivity index (χ4n) is 4.55. The lowest BCUT2D eigenvalue weighted by molar-refractivity contribution is 0.403. The topological polar surface area (TPSA) is 96.9 Å². The van der Waals surface area contributed by atoms with Crippen LogP contribution in [0.5, 0.6) is 5.75 Å². The number of halogens is 1. The van der Waals surface area contributed by atoms with Crippen LogP contribution in [0.3, 0.4) is 0 Å². The van der Waals surface area contributed by atoms with E-state index < -0.39 is 6.04 Å². The second-order valence-electron chi connectivity index (χ2n) is 8.58. The predicted molar refractivity (Wildman–Crippen MR) is 130 cm³/mol. The molecule has 0 saturated carbocycles. The summed E-state index contributed by atoms with van der Waals surface area (Å²) < 4.78 is 21.6. The molecule has 5 rings (SSSR count). The molecular formula is C25H27FN6O2. The van der Waals surface area contributed by atoms with Crippen molar-refractivity contribution in [3.63, 3.8) is 0 Å². The molecule has 1 fully saturated rings. The van der Waals surface area contributed by atoms with E-state index in [1.54, 1.807) is 42.1 Å². The summed E-state index contributed by atoms with van der Waals surface area (Å²) in [7, 11) is 1.58. The number of aromatic amines is 1. The highest BCUT2D eigenvalue weighted by molar-refractivity contribution is 5.72. The standard InChI is InChI=1S/C25H27FN6O2/c1-15(19-11-17(7-8-22(19)34-2)18-5-3-4-6-20(18)26)32-23-21(30-25(32)33)14-29-24(31-23)28-13-16-9-10-27-12-16/h3-8,11,14-16,27H,9-10,12-13H2,1-2H3,(H,30,33)(H,28,29,31)/t15-,16+/m0/s1. The van der Waals surface area contributed by atoms with E-state index in [1.807, 2.05) is 19.1 Å². The molecule has 0 radical (unpaired) electrons. The van der Waals surface area contributed by atoms with Gasteiger partial charge in [-0.15, -0.1) is 0 Å². The van der Waals surface area contributed by atoms with Crippen LogP contribution in [-0.2, 0) is 0 Å². The highest BCUT2D eigenvalue weighted by Crippen LogP contribution is 2.34. The molecule has 9 heteroatoms. The van der Waals surface area contributed by atoms with Gasteiger partial charge in [-0.3, -0.25) is 4.57 Å². The van der Waals surface area contributed by atoms with E-state index in [0.717, 1.165) is 31.6 Å². The molecule has 1 aliphatic rings. The summed E-state index contributed by atoms with van der Waals surface area (Å²) in [6.45, 7) is 4.66. The Bertz CT molecular complexity index is 1380. The lowest BCUT2D eigenvalue weighted by Crippen LogP contribution is -2.22. The molecule has 8 nitrogen and oxygen atoms in total. The fourth-order valence-corrected chi connectivity index (χ4v) is 4.55. The van der Waals surface area contributed by atoms with Crippen molar-refractivity contribution in [1.82, 2.24) is 24.8 Å². The van der Waals surface area contributed by atoms with E-state index in [2.05, 4.69) is 25.6 Å². The lowest BCUT2D eigenvalue weighted by atomic mass is 9.98. The van der Waals surface area contributed by atoms with Gasteiger partial charge < -0.3 is 20.4 Å². The number of hydrogen-bond donors (Lipinski definition) is 3. The molecule has 0 aliphatic carbocycles. The highest BCUT2D eigenvalue weighted by atomic mass is 19.1. The van der Waals surface area contributed by atoms with Gasteiger partial charge in [0.25, 0.3) is 0 Å². The van der Waals surface area contributed by atoms with Crippen molar-refractivity contribution in [2.45, 2.75) is 19.4 Å². The van der Waals surface area contributed by atoms with Crippen molar-refractivity contribution >= 4 is 17.1 Å². The van der Waals surface area contributed by atoms with Crippen LogP contribution in [-0.4, -0.2) is 46.3 Å². The third-order valence-electron chi connectivity index (χ3n) is 6.42. The van der Waals surface area contributed by atoms with E-state index in [0.29, 0.717) is 39.9 Å². The summed E-state index contributed by atoms with van der Waals surface area (Å²) >= 11 is 0. The van der Waals surface area contributed by atoms with E-state index >= 15 is 0 Å². The molecule has 2 atom stereocenters. The van der Waals surface area contributed by atoms with Crippen molar-refractivity contribution < 1.29 is 9.13 Å². The molecule has 2 aromatic heterocycles. The third kappa shape index (κ3) is 4.14. The summed E-state index contributed by atoms with van der Waals surface area (Å²) in [6, 6.07) is 11.7. The van der Waals surface area contributed by atoms with Crippen LogP contribution in [0.4, 0.5) is 10.3 Å². The van der Waals surface area contributed by atoms with Crippen molar-refractivity contribution in [3.8, 4) is 16.9 Å². The van der Waals surface area contributed by atoms with E-state index in [9.17, 15) is 9.18 Å². The van der Waals surface area contributed by atoms with Gasteiger partial charge in [0.1, 0.15) is 17.1 Å². The lowest BCUT2D eigenvalue weighted by Gasteiger charge is -2.19. The summed E-state index contributed by atoms with van der Waals surface area (Å²) in [6.07, 6.45) is 2.73. The van der Waals surface area contributed by atoms with Gasteiger partial charge >= 0.3 is 5.69 Å². The maximum Gasteiger partial charge on any atom is 0.328 e. The monoisotopic (exact) mass is 462 g/mol. The van der Waals surface area contributed by atoms with Crippen LogP contribution in [0, 0.1) is 11.7 Å². The Morgan fingerprint density at radius 1 is 1.29 bits per heavy atom. The maximum atomic E-state index is 14.4. The molecule has 1 saturated heterocycles. The number of fused-ring (bicyclic) bond motifs is 1. The smallest absolute Gasteiger partial charge is 0.328 e.